The van der Waals surface area contributed by atoms with Crippen molar-refractivity contribution >= 4 is 23.6 Å². The Morgan fingerprint density at radius 3 is 2.77 bits per heavy atom. The first-order chi connectivity index (χ1) is 10.5. The zero-order valence-corrected chi connectivity index (χ0v) is 13.0. The van der Waals surface area contributed by atoms with Crippen LogP contribution in [0.15, 0.2) is 39.8 Å². The summed E-state index contributed by atoms with van der Waals surface area (Å²) < 4.78 is 5.03. The summed E-state index contributed by atoms with van der Waals surface area (Å²) in [6.07, 6.45) is 0. The number of aromatic nitrogens is 1. The van der Waals surface area contributed by atoms with E-state index in [9.17, 15) is 9.59 Å². The van der Waals surface area contributed by atoms with Gasteiger partial charge in [0.2, 0.25) is 0 Å². The van der Waals surface area contributed by atoms with Crippen LogP contribution in [0, 0.1) is 6.92 Å². The Morgan fingerprint density at radius 1 is 1.41 bits per heavy atom. The highest BCUT2D eigenvalue weighted by atomic mass is 32.2. The molecule has 1 aromatic carbocycles. The minimum Gasteiger partial charge on any atom is -0.480 e. The van der Waals surface area contributed by atoms with Crippen LogP contribution in [0.4, 0.5) is 0 Å². The van der Waals surface area contributed by atoms with Crippen LogP contribution >= 0.6 is 11.8 Å². The number of carbonyl (C=O) groups is 2. The molecule has 0 aliphatic rings. The highest BCUT2D eigenvalue weighted by molar-refractivity contribution is 8.00. The van der Waals surface area contributed by atoms with Gasteiger partial charge in [-0.3, -0.25) is 9.59 Å². The lowest BCUT2D eigenvalue weighted by Gasteiger charge is -2.11. The molecule has 0 bridgehead atoms. The van der Waals surface area contributed by atoms with Crippen molar-refractivity contribution in [1.82, 2.24) is 10.5 Å². The molecule has 0 spiro atoms. The van der Waals surface area contributed by atoms with E-state index in [-0.39, 0.29) is 12.5 Å². The van der Waals surface area contributed by atoms with E-state index in [1.165, 1.54) is 0 Å². The predicted octanol–water partition coefficient (Wildman–Crippen LogP) is 2.48. The van der Waals surface area contributed by atoms with Crippen molar-refractivity contribution in [2.24, 2.45) is 0 Å². The maximum absolute atomic E-state index is 12.3. The highest BCUT2D eigenvalue weighted by Gasteiger charge is 2.17. The van der Waals surface area contributed by atoms with Gasteiger partial charge >= 0.3 is 5.97 Å². The summed E-state index contributed by atoms with van der Waals surface area (Å²) in [7, 11) is 0. The minimum atomic E-state index is -0.919. The van der Waals surface area contributed by atoms with Gasteiger partial charge in [-0.15, -0.1) is 11.8 Å². The number of rotatable bonds is 6. The van der Waals surface area contributed by atoms with Crippen LogP contribution in [0.25, 0.3) is 0 Å². The lowest BCUT2D eigenvalue weighted by Crippen LogP contribution is -2.23. The molecule has 1 atom stereocenters. The Hall–Kier alpha value is -2.28. The molecule has 6 nitrogen and oxygen atoms in total. The molecule has 2 N–H and O–H groups in total. The zero-order chi connectivity index (χ0) is 16.1. The maximum Gasteiger partial charge on any atom is 0.316 e. The third-order valence-electron chi connectivity index (χ3n) is 2.88. The molecule has 1 heterocycles. The predicted molar refractivity (Wildman–Crippen MR) is 81.8 cm³/mol. The molecular formula is C15H16N2O4S. The van der Waals surface area contributed by atoms with Crippen LogP contribution in [0.5, 0.6) is 0 Å². The molecule has 2 aromatic rings. The van der Waals surface area contributed by atoms with Crippen molar-refractivity contribution in [3.63, 3.8) is 0 Å². The number of hydrogen-bond donors (Lipinski definition) is 2. The molecule has 1 aromatic heterocycles. The summed E-state index contributed by atoms with van der Waals surface area (Å²) in [5, 5.41) is 14.8. The summed E-state index contributed by atoms with van der Waals surface area (Å²) in [4.78, 5) is 23.8. The number of carboxylic acid groups (broad SMARTS) is 1. The molecule has 0 aliphatic heterocycles. The molecule has 0 unspecified atom stereocenters. The molecule has 0 aliphatic carbocycles. The van der Waals surface area contributed by atoms with Crippen molar-refractivity contribution in [2.75, 3.05) is 0 Å². The Kier molecular flexibility index (Phi) is 5.21. The molecular weight excluding hydrogens is 304 g/mol. The van der Waals surface area contributed by atoms with Crippen molar-refractivity contribution < 1.29 is 19.2 Å². The van der Waals surface area contributed by atoms with Crippen LogP contribution in [0.3, 0.4) is 0 Å². The third kappa shape index (κ3) is 4.11. The second kappa shape index (κ2) is 7.13. The highest BCUT2D eigenvalue weighted by Crippen LogP contribution is 2.27. The van der Waals surface area contributed by atoms with Gasteiger partial charge in [0.25, 0.3) is 5.91 Å². The Bertz CT molecular complexity index is 684. The van der Waals surface area contributed by atoms with E-state index in [2.05, 4.69) is 10.5 Å². The van der Waals surface area contributed by atoms with Crippen LogP contribution < -0.4 is 5.32 Å². The van der Waals surface area contributed by atoms with Gasteiger partial charge in [-0.25, -0.2) is 0 Å². The molecule has 116 valence electrons. The Morgan fingerprint density at radius 2 is 2.14 bits per heavy atom. The molecule has 2 rings (SSSR count). The molecule has 0 saturated carbocycles. The van der Waals surface area contributed by atoms with Crippen molar-refractivity contribution in [3.05, 3.63) is 47.3 Å². The fourth-order valence-electron chi connectivity index (χ4n) is 1.76. The number of aliphatic carboxylic acids is 1. The molecule has 0 radical (unpaired) electrons. The fraction of sp³-hybridized carbons (Fsp3) is 0.267. The topological polar surface area (TPSA) is 92.4 Å². The first-order valence-corrected chi connectivity index (χ1v) is 7.54. The van der Waals surface area contributed by atoms with Gasteiger partial charge in [-0.2, -0.15) is 0 Å². The molecule has 22 heavy (non-hydrogen) atoms. The average Bonchev–Trinajstić information content (AvgIpc) is 2.91. The van der Waals surface area contributed by atoms with Crippen molar-refractivity contribution in [2.45, 2.75) is 30.5 Å². The molecule has 0 saturated heterocycles. The fourth-order valence-corrected chi connectivity index (χ4v) is 2.69. The van der Waals surface area contributed by atoms with Gasteiger partial charge in [0.1, 0.15) is 5.25 Å². The van der Waals surface area contributed by atoms with Gasteiger partial charge in [-0.1, -0.05) is 17.3 Å². The van der Waals surface area contributed by atoms with Crippen molar-refractivity contribution in [1.29, 1.82) is 0 Å². The molecule has 7 heteroatoms. The quantitative estimate of drug-likeness (QED) is 0.794. The monoisotopic (exact) mass is 320 g/mol. The third-order valence-corrected chi connectivity index (χ3v) is 4.05. The lowest BCUT2D eigenvalue weighted by molar-refractivity contribution is -0.136. The van der Waals surface area contributed by atoms with E-state index in [1.54, 1.807) is 44.2 Å². The second-order valence-electron chi connectivity index (χ2n) is 4.71. The zero-order valence-electron chi connectivity index (χ0n) is 12.2. The Balaban J connectivity index is 2.07. The molecule has 1 amide bonds. The number of benzene rings is 1. The Labute approximate surface area is 131 Å². The minimum absolute atomic E-state index is 0.229. The van der Waals surface area contributed by atoms with E-state index >= 15 is 0 Å². The van der Waals surface area contributed by atoms with Crippen LogP contribution in [-0.2, 0) is 11.3 Å². The second-order valence-corrected chi connectivity index (χ2v) is 6.09. The van der Waals surface area contributed by atoms with E-state index in [0.717, 1.165) is 17.5 Å². The lowest BCUT2D eigenvalue weighted by atomic mass is 10.2. The SMILES string of the molecule is Cc1cc(CNC(=O)c2ccccc2S[C@H](C)C(=O)O)on1. The van der Waals surface area contributed by atoms with Gasteiger partial charge in [0.05, 0.1) is 17.8 Å². The summed E-state index contributed by atoms with van der Waals surface area (Å²) in [5.74, 6) is -0.637. The van der Waals surface area contributed by atoms with Gasteiger partial charge < -0.3 is 14.9 Å². The van der Waals surface area contributed by atoms with Crippen molar-refractivity contribution in [3.8, 4) is 0 Å². The van der Waals surface area contributed by atoms with Crippen LogP contribution in [-0.4, -0.2) is 27.4 Å². The van der Waals surface area contributed by atoms with Gasteiger partial charge in [-0.05, 0) is 26.0 Å². The van der Waals surface area contributed by atoms with Crippen LogP contribution in [0.2, 0.25) is 0 Å². The largest absolute Gasteiger partial charge is 0.480 e. The van der Waals surface area contributed by atoms with Gasteiger partial charge in [0.15, 0.2) is 5.76 Å². The number of carbonyl (C=O) groups excluding carboxylic acids is 1. The number of nitrogens with zero attached hydrogens (tertiary/aromatic N) is 1. The number of hydrogen-bond acceptors (Lipinski definition) is 5. The summed E-state index contributed by atoms with van der Waals surface area (Å²) in [6.45, 7) is 3.61. The number of thioether (sulfide) groups is 1. The maximum atomic E-state index is 12.3. The average molecular weight is 320 g/mol. The number of aryl methyl sites for hydroxylation is 1. The number of carboxylic acids is 1. The first kappa shape index (κ1) is 16.1. The van der Waals surface area contributed by atoms with E-state index < -0.39 is 11.2 Å². The standard InChI is InChI=1S/C15H16N2O4S/c1-9-7-11(21-17-9)8-16-14(18)12-5-3-4-6-13(12)22-10(2)15(19)20/h3-7,10H,8H2,1-2H3,(H,16,18)(H,19,20)/t10-/m1/s1. The smallest absolute Gasteiger partial charge is 0.316 e. The van der Waals surface area contributed by atoms with E-state index in [1.807, 2.05) is 0 Å². The summed E-state index contributed by atoms with van der Waals surface area (Å²) in [6, 6.07) is 8.65. The van der Waals surface area contributed by atoms with E-state index in [0.29, 0.717) is 16.2 Å². The van der Waals surface area contributed by atoms with Gasteiger partial charge in [0, 0.05) is 11.0 Å². The van der Waals surface area contributed by atoms with Crippen LogP contribution in [0.1, 0.15) is 28.7 Å². The summed E-state index contributed by atoms with van der Waals surface area (Å²) >= 11 is 1.14. The number of amides is 1. The normalized spacial score (nSPS) is 11.9. The number of nitrogens with one attached hydrogen (secondary N) is 1. The molecule has 0 fully saturated rings. The summed E-state index contributed by atoms with van der Waals surface area (Å²) in [5.41, 5.74) is 1.19. The van der Waals surface area contributed by atoms with E-state index in [4.69, 9.17) is 9.63 Å². The first-order valence-electron chi connectivity index (χ1n) is 6.66.